The molecule has 186 valence electrons. The van der Waals surface area contributed by atoms with Gasteiger partial charge < -0.3 is 14.9 Å². The minimum Gasteiger partial charge on any atom is -0.462 e. The monoisotopic (exact) mass is 458 g/mol. The summed E-state index contributed by atoms with van der Waals surface area (Å²) < 4.78 is 5.39. The van der Waals surface area contributed by atoms with Crippen LogP contribution in [0.2, 0.25) is 0 Å². The van der Waals surface area contributed by atoms with Gasteiger partial charge in [-0.15, -0.1) is 0 Å². The van der Waals surface area contributed by atoms with Crippen LogP contribution >= 0.6 is 0 Å². The molecule has 4 nitrogen and oxygen atoms in total. The van der Waals surface area contributed by atoms with Crippen LogP contribution in [0, 0.1) is 29.1 Å². The van der Waals surface area contributed by atoms with Crippen molar-refractivity contribution in [2.45, 2.75) is 111 Å². The van der Waals surface area contributed by atoms with E-state index in [9.17, 15) is 15.0 Å². The Bertz CT molecular complexity index is 786. The molecule has 0 aromatic rings. The molecule has 4 heteroatoms. The maximum absolute atomic E-state index is 11.4. The Balaban J connectivity index is 1.72. The average molecular weight is 459 g/mol. The van der Waals surface area contributed by atoms with E-state index in [1.807, 2.05) is 13.8 Å². The first kappa shape index (κ1) is 26.2. The molecule has 3 saturated carbocycles. The second-order valence-electron chi connectivity index (χ2n) is 11.9. The summed E-state index contributed by atoms with van der Waals surface area (Å²) in [4.78, 5) is 11.4. The Kier molecular flexibility index (Phi) is 8.32. The zero-order valence-electron chi connectivity index (χ0n) is 21.6. The van der Waals surface area contributed by atoms with Crippen LogP contribution in [-0.4, -0.2) is 34.0 Å². The number of hydrogen-bond acceptors (Lipinski definition) is 4. The van der Waals surface area contributed by atoms with Gasteiger partial charge in [0.15, 0.2) is 0 Å². The molecule has 7 atom stereocenters. The molecule has 3 fully saturated rings. The number of hydrogen-bond donors (Lipinski definition) is 2. The van der Waals surface area contributed by atoms with Crippen molar-refractivity contribution in [3.63, 3.8) is 0 Å². The lowest BCUT2D eigenvalue weighted by Gasteiger charge is -2.44. The maximum atomic E-state index is 11.4. The molecule has 0 heterocycles. The second kappa shape index (κ2) is 10.5. The van der Waals surface area contributed by atoms with E-state index < -0.39 is 11.7 Å². The maximum Gasteiger partial charge on any atom is 0.302 e. The van der Waals surface area contributed by atoms with E-state index in [-0.39, 0.29) is 18.0 Å². The van der Waals surface area contributed by atoms with Crippen molar-refractivity contribution in [1.82, 2.24) is 0 Å². The highest BCUT2D eigenvalue weighted by Crippen LogP contribution is 2.59. The third kappa shape index (κ3) is 6.39. The summed E-state index contributed by atoms with van der Waals surface area (Å²) in [5.74, 6) is 1.65. The Hall–Kier alpha value is -1.39. The molecule has 0 amide bonds. The molecule has 0 aromatic heterocycles. The third-order valence-electron chi connectivity index (χ3n) is 8.88. The van der Waals surface area contributed by atoms with E-state index >= 15 is 0 Å². The van der Waals surface area contributed by atoms with Gasteiger partial charge in [0.1, 0.15) is 6.10 Å². The molecule has 0 radical (unpaired) electrons. The Labute approximate surface area is 201 Å². The number of rotatable bonds is 6. The molecular formula is C29H46O4. The highest BCUT2D eigenvalue weighted by molar-refractivity contribution is 5.66. The van der Waals surface area contributed by atoms with Crippen LogP contribution in [0.4, 0.5) is 0 Å². The molecule has 0 aliphatic heterocycles. The number of allylic oxidation sites excluding steroid dienone is 4. The van der Waals surface area contributed by atoms with Crippen molar-refractivity contribution < 1.29 is 19.7 Å². The van der Waals surface area contributed by atoms with Gasteiger partial charge in [-0.25, -0.2) is 0 Å². The summed E-state index contributed by atoms with van der Waals surface area (Å²) in [6.07, 6.45) is 16.6. The molecule has 0 bridgehead atoms. The normalized spacial score (nSPS) is 37.3. The fourth-order valence-corrected chi connectivity index (χ4v) is 6.69. The summed E-state index contributed by atoms with van der Waals surface area (Å²) in [7, 11) is 0. The summed E-state index contributed by atoms with van der Waals surface area (Å²) in [5.41, 5.74) is 2.37. The Morgan fingerprint density at radius 3 is 2.58 bits per heavy atom. The summed E-state index contributed by atoms with van der Waals surface area (Å²) >= 11 is 0. The van der Waals surface area contributed by atoms with Crippen molar-refractivity contribution in [2.24, 2.45) is 29.1 Å². The Morgan fingerprint density at radius 2 is 1.91 bits per heavy atom. The van der Waals surface area contributed by atoms with E-state index in [0.29, 0.717) is 36.0 Å². The number of aliphatic hydroxyl groups excluding tert-OH is 1. The lowest BCUT2D eigenvalue weighted by atomic mass is 9.61. The smallest absolute Gasteiger partial charge is 0.302 e. The first-order valence-electron chi connectivity index (χ1n) is 13.0. The van der Waals surface area contributed by atoms with Gasteiger partial charge in [-0.1, -0.05) is 56.2 Å². The number of ether oxygens (including phenoxy) is 1. The summed E-state index contributed by atoms with van der Waals surface area (Å²) in [6.45, 7) is 12.1. The van der Waals surface area contributed by atoms with E-state index in [0.717, 1.165) is 12.8 Å². The van der Waals surface area contributed by atoms with Crippen molar-refractivity contribution in [1.29, 1.82) is 0 Å². The predicted octanol–water partition coefficient (Wildman–Crippen LogP) is 6.13. The molecule has 0 aromatic carbocycles. The van der Waals surface area contributed by atoms with Crippen molar-refractivity contribution in [3.05, 3.63) is 35.5 Å². The van der Waals surface area contributed by atoms with Gasteiger partial charge in [0.05, 0.1) is 11.7 Å². The zero-order chi connectivity index (χ0) is 24.4. The lowest BCUT2D eigenvalue weighted by Crippen LogP contribution is -2.35. The van der Waals surface area contributed by atoms with Crippen LogP contribution in [0.5, 0.6) is 0 Å². The highest BCUT2D eigenvalue weighted by atomic mass is 16.5. The van der Waals surface area contributed by atoms with Gasteiger partial charge in [-0.05, 0) is 75.5 Å². The molecule has 0 saturated heterocycles. The number of carbonyl (C=O) groups excluding carboxylic acids is 1. The SMILES string of the molecule is CC(=O)O[C@@H]1CC(=CC=C2CCC[C@]3(C)[C@@H]([C@H](C)C=C[C@H](C)C(C)(C)O)CC[C@@H]23)C[C@@H](O)C1. The largest absolute Gasteiger partial charge is 0.462 e. The molecule has 2 N–H and O–H groups in total. The van der Waals surface area contributed by atoms with Gasteiger partial charge in [0, 0.05) is 25.7 Å². The van der Waals surface area contributed by atoms with E-state index in [1.54, 1.807) is 5.57 Å². The van der Waals surface area contributed by atoms with Gasteiger partial charge in [0.2, 0.25) is 0 Å². The standard InChI is InChI=1S/C29H46O4/c1-19(9-10-20(2)28(4,5)32)26-13-14-27-23(8-7-15-29(26,27)6)12-11-22-16-24(31)18-25(17-22)33-21(3)30/h9-12,19-20,24-27,31-32H,7-8,13-18H2,1-6H3/t19-,20+,24-,25-,26-,27+,29-/m1/s1. The van der Waals surface area contributed by atoms with Crippen LogP contribution in [0.15, 0.2) is 35.5 Å². The summed E-state index contributed by atoms with van der Waals surface area (Å²) in [6, 6.07) is 0. The number of esters is 1. The number of aliphatic hydroxyl groups is 2. The molecule has 33 heavy (non-hydrogen) atoms. The van der Waals surface area contributed by atoms with Gasteiger partial charge in [0.25, 0.3) is 0 Å². The number of carbonyl (C=O) groups is 1. The molecule has 3 aliphatic carbocycles. The minimum absolute atomic E-state index is 0.139. The summed E-state index contributed by atoms with van der Waals surface area (Å²) in [5, 5.41) is 20.5. The van der Waals surface area contributed by atoms with Crippen LogP contribution in [-0.2, 0) is 9.53 Å². The van der Waals surface area contributed by atoms with Crippen LogP contribution in [0.3, 0.4) is 0 Å². The van der Waals surface area contributed by atoms with E-state index in [2.05, 4.69) is 45.1 Å². The molecule has 3 aliphatic rings. The topological polar surface area (TPSA) is 66.8 Å². The van der Waals surface area contributed by atoms with Crippen molar-refractivity contribution in [3.8, 4) is 0 Å². The molecule has 0 unspecified atom stereocenters. The first-order valence-corrected chi connectivity index (χ1v) is 13.0. The van der Waals surface area contributed by atoms with Gasteiger partial charge >= 0.3 is 5.97 Å². The average Bonchev–Trinajstić information content (AvgIpc) is 3.06. The number of fused-ring (bicyclic) bond motifs is 1. The lowest BCUT2D eigenvalue weighted by molar-refractivity contribution is -0.148. The second-order valence-corrected chi connectivity index (χ2v) is 11.9. The van der Waals surface area contributed by atoms with E-state index in [1.165, 1.54) is 38.2 Å². The molecule has 0 spiro atoms. The first-order chi connectivity index (χ1) is 15.4. The zero-order valence-corrected chi connectivity index (χ0v) is 21.6. The van der Waals surface area contributed by atoms with Crippen LogP contribution in [0.25, 0.3) is 0 Å². The van der Waals surface area contributed by atoms with Gasteiger partial charge in [-0.3, -0.25) is 4.79 Å². The van der Waals surface area contributed by atoms with E-state index in [4.69, 9.17) is 4.74 Å². The van der Waals surface area contributed by atoms with Crippen LogP contribution < -0.4 is 0 Å². The van der Waals surface area contributed by atoms with Gasteiger partial charge in [-0.2, -0.15) is 0 Å². The van der Waals surface area contributed by atoms with Crippen LogP contribution in [0.1, 0.15) is 92.9 Å². The van der Waals surface area contributed by atoms with Crippen molar-refractivity contribution >= 4 is 5.97 Å². The molecular weight excluding hydrogens is 412 g/mol. The fraction of sp³-hybridized carbons (Fsp3) is 0.759. The highest BCUT2D eigenvalue weighted by Gasteiger charge is 2.50. The third-order valence-corrected chi connectivity index (χ3v) is 8.88. The Morgan fingerprint density at radius 1 is 1.18 bits per heavy atom. The quantitative estimate of drug-likeness (QED) is 0.371. The molecule has 3 rings (SSSR count). The van der Waals surface area contributed by atoms with Crippen molar-refractivity contribution in [2.75, 3.05) is 0 Å². The minimum atomic E-state index is -0.687. The predicted molar refractivity (Wildman–Crippen MR) is 134 cm³/mol. The fourth-order valence-electron chi connectivity index (χ4n) is 6.69.